The summed E-state index contributed by atoms with van der Waals surface area (Å²) in [7, 11) is 0. The highest BCUT2D eigenvalue weighted by Gasteiger charge is 2.20. The summed E-state index contributed by atoms with van der Waals surface area (Å²) in [6, 6.07) is 5.20. The quantitative estimate of drug-likeness (QED) is 0.639. The molecule has 0 aliphatic heterocycles. The Hall–Kier alpha value is -2.00. The van der Waals surface area contributed by atoms with Gasteiger partial charge in [-0.05, 0) is 30.2 Å². The number of fused-ring (bicyclic) bond motifs is 1. The molecule has 18 heavy (non-hydrogen) atoms. The Morgan fingerprint density at radius 2 is 1.83 bits per heavy atom. The van der Waals surface area contributed by atoms with Crippen molar-refractivity contribution in [3.05, 3.63) is 47.0 Å². The fourth-order valence-corrected chi connectivity index (χ4v) is 1.87. The molecule has 1 aromatic carbocycles. The van der Waals surface area contributed by atoms with Gasteiger partial charge in [0.15, 0.2) is 5.78 Å². The van der Waals surface area contributed by atoms with E-state index in [1.807, 2.05) is 6.07 Å². The number of Topliss-reactive ketones (excluding diaryl/α,β-unsaturated/α-hetero) is 2. The first-order valence-electron chi connectivity index (χ1n) is 5.70. The van der Waals surface area contributed by atoms with Crippen molar-refractivity contribution in [3.8, 4) is 0 Å². The maximum Gasteiger partial charge on any atom is 0.228 e. The summed E-state index contributed by atoms with van der Waals surface area (Å²) in [5.41, 5.74) is 0.816. The first-order chi connectivity index (χ1) is 8.41. The number of carbonyl (C=O) groups excluding carboxylic acids is 2. The van der Waals surface area contributed by atoms with E-state index in [1.165, 1.54) is 6.92 Å². The fraction of sp³-hybridized carbons (Fsp3) is 0.200. The Morgan fingerprint density at radius 1 is 1.17 bits per heavy atom. The summed E-state index contributed by atoms with van der Waals surface area (Å²) in [5, 5.41) is 9.94. The summed E-state index contributed by atoms with van der Waals surface area (Å²) in [6.45, 7) is 2.91. The highest BCUT2D eigenvalue weighted by Crippen LogP contribution is 2.25. The average Bonchev–Trinajstić information content (AvgIpc) is 2.47. The van der Waals surface area contributed by atoms with Gasteiger partial charge in [0.05, 0.1) is 5.60 Å². The summed E-state index contributed by atoms with van der Waals surface area (Å²) < 4.78 is 0. The third-order valence-electron chi connectivity index (χ3n) is 2.89. The molecule has 3 nitrogen and oxygen atoms in total. The lowest BCUT2D eigenvalue weighted by molar-refractivity contribution is -0.113. The van der Waals surface area contributed by atoms with Gasteiger partial charge in [0, 0.05) is 12.5 Å². The minimum absolute atomic E-state index is 0.374. The molecule has 1 unspecified atom stereocenters. The second-order valence-corrected chi connectivity index (χ2v) is 4.59. The normalized spacial score (nSPS) is 21.3. The molecule has 1 aromatic rings. The first-order valence-corrected chi connectivity index (χ1v) is 5.70. The second kappa shape index (κ2) is 4.35. The molecule has 1 aliphatic rings. The maximum atomic E-state index is 11.8. The molecule has 0 bridgehead atoms. The van der Waals surface area contributed by atoms with Gasteiger partial charge in [-0.1, -0.05) is 30.4 Å². The summed E-state index contributed by atoms with van der Waals surface area (Å²) >= 11 is 0. The van der Waals surface area contributed by atoms with Gasteiger partial charge in [-0.2, -0.15) is 0 Å². The zero-order chi connectivity index (χ0) is 13.3. The predicted octanol–water partition coefficient (Wildman–Crippen LogP) is 2.25. The number of aliphatic hydroxyl groups is 1. The largest absolute Gasteiger partial charge is 0.382 e. The van der Waals surface area contributed by atoms with Crippen molar-refractivity contribution in [1.82, 2.24) is 0 Å². The Balaban J connectivity index is 2.61. The summed E-state index contributed by atoms with van der Waals surface area (Å²) in [6.07, 6.45) is 6.70. The molecule has 0 fully saturated rings. The fourth-order valence-electron chi connectivity index (χ4n) is 1.87. The van der Waals surface area contributed by atoms with Crippen molar-refractivity contribution in [2.45, 2.75) is 19.4 Å². The van der Waals surface area contributed by atoms with Crippen LogP contribution in [-0.2, 0) is 4.79 Å². The molecule has 1 aliphatic carbocycles. The number of carbonyl (C=O) groups is 2. The van der Waals surface area contributed by atoms with Crippen LogP contribution in [0.3, 0.4) is 0 Å². The van der Waals surface area contributed by atoms with Crippen LogP contribution >= 0.6 is 0 Å². The van der Waals surface area contributed by atoms with Gasteiger partial charge in [-0.25, -0.2) is 0 Å². The second-order valence-electron chi connectivity index (χ2n) is 4.59. The Kier molecular flexibility index (Phi) is 3.01. The highest BCUT2D eigenvalue weighted by atomic mass is 16.3. The number of benzene rings is 1. The summed E-state index contributed by atoms with van der Waals surface area (Å²) in [5.74, 6) is -0.997. The maximum absolute atomic E-state index is 11.8. The van der Waals surface area contributed by atoms with Gasteiger partial charge >= 0.3 is 0 Å². The molecule has 1 atom stereocenters. The standard InChI is InChI=1S/C15H14O3/c1-10(16)14(17)13-5-3-4-11-6-8-15(2,18)9-7-12(11)13/h3-9,18H,1-2H3. The van der Waals surface area contributed by atoms with E-state index >= 15 is 0 Å². The monoisotopic (exact) mass is 242 g/mol. The molecule has 0 saturated heterocycles. The number of hydrogen-bond donors (Lipinski definition) is 1. The number of rotatable bonds is 2. The van der Waals surface area contributed by atoms with Crippen LogP contribution in [-0.4, -0.2) is 22.3 Å². The van der Waals surface area contributed by atoms with E-state index in [0.29, 0.717) is 11.1 Å². The van der Waals surface area contributed by atoms with Crippen molar-refractivity contribution >= 4 is 23.7 Å². The smallest absolute Gasteiger partial charge is 0.228 e. The molecule has 3 heteroatoms. The molecule has 0 heterocycles. The molecule has 0 saturated carbocycles. The molecular formula is C15H14O3. The van der Waals surface area contributed by atoms with Gasteiger partial charge in [0.1, 0.15) is 0 Å². The zero-order valence-corrected chi connectivity index (χ0v) is 10.3. The Morgan fingerprint density at radius 3 is 2.50 bits per heavy atom. The molecule has 0 radical (unpaired) electrons. The SMILES string of the molecule is CC(=O)C(=O)c1cccc2c1C=CC(C)(O)C=C2. The van der Waals surface area contributed by atoms with Crippen molar-refractivity contribution < 1.29 is 14.7 Å². The van der Waals surface area contributed by atoms with E-state index in [9.17, 15) is 14.7 Å². The van der Waals surface area contributed by atoms with Crippen molar-refractivity contribution in [2.75, 3.05) is 0 Å². The van der Waals surface area contributed by atoms with E-state index in [1.54, 1.807) is 43.4 Å². The lowest BCUT2D eigenvalue weighted by Gasteiger charge is -2.10. The van der Waals surface area contributed by atoms with Crippen LogP contribution in [0, 0.1) is 0 Å². The minimum Gasteiger partial charge on any atom is -0.382 e. The Labute approximate surface area is 105 Å². The third-order valence-corrected chi connectivity index (χ3v) is 2.89. The molecule has 92 valence electrons. The van der Waals surface area contributed by atoms with Crippen LogP contribution in [0.4, 0.5) is 0 Å². The molecule has 0 amide bonds. The lowest BCUT2D eigenvalue weighted by Crippen LogP contribution is -2.15. The van der Waals surface area contributed by atoms with E-state index in [4.69, 9.17) is 0 Å². The van der Waals surface area contributed by atoms with Gasteiger partial charge < -0.3 is 5.11 Å². The summed E-state index contributed by atoms with van der Waals surface area (Å²) in [4.78, 5) is 23.0. The highest BCUT2D eigenvalue weighted by molar-refractivity contribution is 6.43. The van der Waals surface area contributed by atoms with Crippen molar-refractivity contribution in [1.29, 1.82) is 0 Å². The number of hydrogen-bond acceptors (Lipinski definition) is 3. The topological polar surface area (TPSA) is 54.4 Å². The Bertz CT molecular complexity index is 577. The van der Waals surface area contributed by atoms with E-state index in [2.05, 4.69) is 0 Å². The van der Waals surface area contributed by atoms with Crippen LogP contribution < -0.4 is 0 Å². The lowest BCUT2D eigenvalue weighted by atomic mass is 9.96. The molecular weight excluding hydrogens is 228 g/mol. The van der Waals surface area contributed by atoms with Gasteiger partial charge in [0.2, 0.25) is 5.78 Å². The van der Waals surface area contributed by atoms with Crippen LogP contribution in [0.2, 0.25) is 0 Å². The molecule has 2 rings (SSSR count). The molecule has 0 aromatic heterocycles. The van der Waals surface area contributed by atoms with Crippen molar-refractivity contribution in [2.24, 2.45) is 0 Å². The van der Waals surface area contributed by atoms with Crippen LogP contribution in [0.5, 0.6) is 0 Å². The van der Waals surface area contributed by atoms with E-state index < -0.39 is 17.2 Å². The zero-order valence-electron chi connectivity index (χ0n) is 10.3. The average molecular weight is 242 g/mol. The van der Waals surface area contributed by atoms with Gasteiger partial charge in [0.25, 0.3) is 0 Å². The first kappa shape index (κ1) is 12.5. The molecule has 1 N–H and O–H groups in total. The molecule has 0 spiro atoms. The third kappa shape index (κ3) is 2.31. The van der Waals surface area contributed by atoms with E-state index in [-0.39, 0.29) is 0 Å². The van der Waals surface area contributed by atoms with Crippen LogP contribution in [0.25, 0.3) is 12.2 Å². The van der Waals surface area contributed by atoms with Crippen LogP contribution in [0.15, 0.2) is 30.4 Å². The van der Waals surface area contributed by atoms with Crippen molar-refractivity contribution in [3.63, 3.8) is 0 Å². The van der Waals surface area contributed by atoms with Gasteiger partial charge in [-0.15, -0.1) is 0 Å². The van der Waals surface area contributed by atoms with Gasteiger partial charge in [-0.3, -0.25) is 9.59 Å². The number of ketones is 2. The minimum atomic E-state index is -1.05. The van der Waals surface area contributed by atoms with E-state index in [0.717, 1.165) is 5.56 Å². The van der Waals surface area contributed by atoms with Crippen LogP contribution in [0.1, 0.15) is 35.3 Å². The predicted molar refractivity (Wildman–Crippen MR) is 70.1 cm³/mol.